The first-order chi connectivity index (χ1) is 2.81. The van der Waals surface area contributed by atoms with E-state index in [-0.39, 0.29) is 36.9 Å². The third-order valence-electron chi connectivity index (χ3n) is 0.211. The molecule has 0 saturated carbocycles. The molecule has 0 radical (unpaired) electrons. The molecule has 0 aromatic carbocycles. The molecule has 0 aliphatic rings. The standard InChI is InChI=1S/C2H3ClO2S.Na.H/c3-1-2(4)5-6;;/h6H,1H2;;/q;+1;-1. The first-order valence-corrected chi connectivity index (χ1v) is 2.11. The molecule has 0 atom stereocenters. The second-order valence-corrected chi connectivity index (χ2v) is 1.05. The Bertz CT molecular complexity index is 58.0. The van der Waals surface area contributed by atoms with Gasteiger partial charge in [0.1, 0.15) is 5.88 Å². The van der Waals surface area contributed by atoms with Gasteiger partial charge in [-0.25, -0.2) is 4.79 Å². The molecule has 0 amide bonds. The molecule has 0 unspecified atom stereocenters. The van der Waals surface area contributed by atoms with Crippen LogP contribution in [-0.4, -0.2) is 11.8 Å². The van der Waals surface area contributed by atoms with E-state index >= 15 is 0 Å². The van der Waals surface area contributed by atoms with E-state index in [0.717, 1.165) is 0 Å². The smallest absolute Gasteiger partial charge is 1.00 e. The Balaban J connectivity index is -0.000000125. The van der Waals surface area contributed by atoms with E-state index in [1.807, 2.05) is 0 Å². The molecule has 0 heterocycles. The van der Waals surface area contributed by atoms with Crippen LogP contribution in [-0.2, 0) is 8.98 Å². The first kappa shape index (κ1) is 11.0. The summed E-state index contributed by atoms with van der Waals surface area (Å²) < 4.78 is 3.82. The SMILES string of the molecule is O=C(CCl)OS.[H-].[Na+]. The van der Waals surface area contributed by atoms with Gasteiger partial charge in [0.15, 0.2) is 0 Å². The van der Waals surface area contributed by atoms with Crippen molar-refractivity contribution in [3.05, 3.63) is 0 Å². The normalized spacial score (nSPS) is 6.57. The maximum atomic E-state index is 9.75. The fourth-order valence-corrected chi connectivity index (χ4v) is 0.220. The van der Waals surface area contributed by atoms with Crippen LogP contribution in [0.5, 0.6) is 0 Å². The molecule has 0 saturated heterocycles. The van der Waals surface area contributed by atoms with Gasteiger partial charge < -0.3 is 5.61 Å². The van der Waals surface area contributed by atoms with Crippen LogP contribution in [0.1, 0.15) is 1.43 Å². The molecular weight excluding hydrogens is 147 g/mol. The summed E-state index contributed by atoms with van der Waals surface area (Å²) in [6.07, 6.45) is 0. The summed E-state index contributed by atoms with van der Waals surface area (Å²) in [5.41, 5.74) is 0. The minimum absolute atomic E-state index is 0. The number of rotatable bonds is 1. The van der Waals surface area contributed by atoms with Crippen molar-refractivity contribution in [2.45, 2.75) is 0 Å². The fourth-order valence-electron chi connectivity index (χ4n) is 0.0244. The molecule has 0 aliphatic heterocycles. The van der Waals surface area contributed by atoms with Gasteiger partial charge in [0.2, 0.25) is 0 Å². The van der Waals surface area contributed by atoms with Gasteiger partial charge in [-0.05, 0) is 0 Å². The van der Waals surface area contributed by atoms with Gasteiger partial charge in [-0.15, -0.1) is 11.6 Å². The molecule has 0 fully saturated rings. The van der Waals surface area contributed by atoms with E-state index in [1.165, 1.54) is 0 Å². The molecule has 2 nitrogen and oxygen atoms in total. The average molecular weight is 151 g/mol. The molecule has 0 rings (SSSR count). The Labute approximate surface area is 75.9 Å². The summed E-state index contributed by atoms with van der Waals surface area (Å²) in [7, 11) is 0. The molecular formula is C2H4ClNaO2S. The van der Waals surface area contributed by atoms with Crippen molar-refractivity contribution in [2.24, 2.45) is 0 Å². The number of hydrogen-bond donors (Lipinski definition) is 1. The van der Waals surface area contributed by atoms with E-state index in [0.29, 0.717) is 0 Å². The zero-order valence-electron chi connectivity index (χ0n) is 4.85. The zero-order chi connectivity index (χ0) is 4.99. The Hall–Kier alpha value is 1.11. The summed E-state index contributed by atoms with van der Waals surface area (Å²) in [6, 6.07) is 0. The molecule has 7 heavy (non-hydrogen) atoms. The van der Waals surface area contributed by atoms with Gasteiger partial charge in [-0.2, -0.15) is 0 Å². The largest absolute Gasteiger partial charge is 1.00 e. The number of thiol groups is 1. The van der Waals surface area contributed by atoms with Crippen LogP contribution in [0.25, 0.3) is 0 Å². The number of halogens is 1. The van der Waals surface area contributed by atoms with Crippen molar-refractivity contribution in [3.63, 3.8) is 0 Å². The quantitative estimate of drug-likeness (QED) is 0.198. The van der Waals surface area contributed by atoms with E-state index in [2.05, 4.69) is 17.1 Å². The molecule has 0 bridgehead atoms. The van der Waals surface area contributed by atoms with Crippen LogP contribution in [0.15, 0.2) is 0 Å². The maximum absolute atomic E-state index is 9.75. The summed E-state index contributed by atoms with van der Waals surface area (Å²) in [5.74, 6) is -0.663. The van der Waals surface area contributed by atoms with Crippen LogP contribution in [0, 0.1) is 0 Å². The molecule has 0 aromatic rings. The third kappa shape index (κ3) is 7.11. The van der Waals surface area contributed by atoms with Crippen molar-refractivity contribution in [2.75, 3.05) is 5.88 Å². The number of carbonyl (C=O) groups is 1. The molecule has 0 aromatic heterocycles. The molecule has 38 valence electrons. The van der Waals surface area contributed by atoms with Gasteiger partial charge in [0.25, 0.3) is 0 Å². The van der Waals surface area contributed by atoms with Crippen LogP contribution < -0.4 is 29.6 Å². The monoisotopic (exact) mass is 150 g/mol. The van der Waals surface area contributed by atoms with Gasteiger partial charge >= 0.3 is 35.5 Å². The van der Waals surface area contributed by atoms with Crippen molar-refractivity contribution in [1.82, 2.24) is 0 Å². The summed E-state index contributed by atoms with van der Waals surface area (Å²) >= 11 is 8.09. The zero-order valence-corrected chi connectivity index (χ0v) is 7.50. The average Bonchev–Trinajstić information content (AvgIpc) is 1.65. The van der Waals surface area contributed by atoms with Crippen molar-refractivity contribution >= 4 is 30.5 Å². The number of hydrogen-bond acceptors (Lipinski definition) is 3. The second kappa shape index (κ2) is 7.11. The minimum atomic E-state index is -0.528. The topological polar surface area (TPSA) is 26.3 Å². The fraction of sp³-hybridized carbons (Fsp3) is 0.500. The van der Waals surface area contributed by atoms with Gasteiger partial charge in [-0.1, -0.05) is 0 Å². The van der Waals surface area contributed by atoms with Crippen LogP contribution >= 0.6 is 24.5 Å². The second-order valence-electron chi connectivity index (χ2n) is 0.597. The molecule has 0 N–H and O–H groups in total. The Kier molecular flexibility index (Phi) is 11.2. The Morgan fingerprint density at radius 3 is 2.43 bits per heavy atom. The van der Waals surface area contributed by atoms with Crippen LogP contribution in [0.3, 0.4) is 0 Å². The predicted molar refractivity (Wildman–Crippen MR) is 26.9 cm³/mol. The molecule has 0 spiro atoms. The van der Waals surface area contributed by atoms with Crippen molar-refractivity contribution in [3.8, 4) is 0 Å². The van der Waals surface area contributed by atoms with E-state index in [9.17, 15) is 4.79 Å². The summed E-state index contributed by atoms with van der Waals surface area (Å²) in [5, 5.41) is 0. The number of carbonyl (C=O) groups excluding carboxylic acids is 1. The number of alkyl halides is 1. The third-order valence-corrected chi connectivity index (χ3v) is 0.633. The Morgan fingerprint density at radius 2 is 2.43 bits per heavy atom. The maximum Gasteiger partial charge on any atom is 1.00 e. The minimum Gasteiger partial charge on any atom is -1.00 e. The van der Waals surface area contributed by atoms with Crippen molar-refractivity contribution in [1.29, 1.82) is 0 Å². The molecule has 0 aliphatic carbocycles. The van der Waals surface area contributed by atoms with Gasteiger partial charge in [0, 0.05) is 12.9 Å². The van der Waals surface area contributed by atoms with E-state index in [1.54, 1.807) is 0 Å². The Morgan fingerprint density at radius 1 is 2.00 bits per heavy atom. The van der Waals surface area contributed by atoms with E-state index in [4.69, 9.17) is 11.6 Å². The van der Waals surface area contributed by atoms with Crippen LogP contribution in [0.4, 0.5) is 0 Å². The summed E-state index contributed by atoms with van der Waals surface area (Å²) in [4.78, 5) is 9.75. The van der Waals surface area contributed by atoms with Crippen molar-refractivity contribution < 1.29 is 40.0 Å². The van der Waals surface area contributed by atoms with Crippen LogP contribution in [0.2, 0.25) is 0 Å². The van der Waals surface area contributed by atoms with Gasteiger partial charge in [0.05, 0.1) is 0 Å². The first-order valence-electron chi connectivity index (χ1n) is 1.21. The predicted octanol–water partition coefficient (Wildman–Crippen LogP) is -2.27. The molecule has 5 heteroatoms. The van der Waals surface area contributed by atoms with E-state index < -0.39 is 5.97 Å². The summed E-state index contributed by atoms with van der Waals surface area (Å²) in [6.45, 7) is 0. The van der Waals surface area contributed by atoms with Gasteiger partial charge in [-0.3, -0.25) is 0 Å².